The molecule has 0 aliphatic heterocycles. The normalized spacial score (nSPS) is 12.2. The largest absolute Gasteiger partial charge is 0.307 e. The first kappa shape index (κ1) is 26.8. The van der Waals surface area contributed by atoms with E-state index >= 15 is 0 Å². The van der Waals surface area contributed by atoms with Crippen LogP contribution < -0.4 is 0 Å². The first-order chi connectivity index (χ1) is 22.5. The molecule has 0 unspecified atom stereocenters. The van der Waals surface area contributed by atoms with Crippen molar-refractivity contribution in [1.82, 2.24) is 9.13 Å². The number of hydrogen-bond donors (Lipinski definition) is 0. The Morgan fingerprint density at radius 2 is 0.935 bits per heavy atom. The van der Waals surface area contributed by atoms with Crippen molar-refractivity contribution in [1.29, 1.82) is 0 Å². The molecule has 0 amide bonds. The third-order valence-corrected chi connectivity index (χ3v) is 9.65. The molecule has 0 bridgehead atoms. The topological polar surface area (TPSA) is 9.86 Å². The Hall–Kier alpha value is -5.60. The van der Waals surface area contributed by atoms with Crippen LogP contribution in [-0.2, 0) is 5.41 Å². The average molecular weight is 591 g/mol. The van der Waals surface area contributed by atoms with Crippen molar-refractivity contribution in [2.75, 3.05) is 0 Å². The number of rotatable bonds is 3. The van der Waals surface area contributed by atoms with Gasteiger partial charge in [0, 0.05) is 38.3 Å². The fraction of sp³-hybridized carbons (Fsp3) is 0.0909. The zero-order valence-electron chi connectivity index (χ0n) is 26.3. The molecule has 9 aromatic rings. The minimum Gasteiger partial charge on any atom is -0.307 e. The van der Waals surface area contributed by atoms with Gasteiger partial charge in [-0.25, -0.2) is 0 Å². The molecular formula is C44H34N2. The Morgan fingerprint density at radius 1 is 0.391 bits per heavy atom. The SMILES string of the molecule is CC(C)(C)c1ccc2c3ccc4c5ccc6ccccc6c5n(-c5ccccc5)c4c3n(-c3ccc(-c4ccccc4)cc3)c2c1. The van der Waals surface area contributed by atoms with Crippen LogP contribution in [-0.4, -0.2) is 9.13 Å². The van der Waals surface area contributed by atoms with Crippen LogP contribution in [0.4, 0.5) is 0 Å². The molecule has 7 aromatic carbocycles. The van der Waals surface area contributed by atoms with E-state index < -0.39 is 0 Å². The maximum absolute atomic E-state index is 2.51. The molecule has 0 saturated heterocycles. The second kappa shape index (κ2) is 9.95. The zero-order valence-corrected chi connectivity index (χ0v) is 26.3. The highest BCUT2D eigenvalue weighted by Gasteiger charge is 2.23. The highest BCUT2D eigenvalue weighted by Crippen LogP contribution is 2.44. The van der Waals surface area contributed by atoms with Gasteiger partial charge in [-0.1, -0.05) is 142 Å². The molecule has 9 rings (SSSR count). The minimum atomic E-state index is 0.0276. The number of para-hydroxylation sites is 1. The van der Waals surface area contributed by atoms with Gasteiger partial charge < -0.3 is 9.13 Å². The highest BCUT2D eigenvalue weighted by molar-refractivity contribution is 6.27. The van der Waals surface area contributed by atoms with E-state index in [0.29, 0.717) is 0 Å². The van der Waals surface area contributed by atoms with E-state index in [-0.39, 0.29) is 5.41 Å². The summed E-state index contributed by atoms with van der Waals surface area (Å²) in [4.78, 5) is 0. The van der Waals surface area contributed by atoms with Gasteiger partial charge in [0.1, 0.15) is 0 Å². The van der Waals surface area contributed by atoms with Crippen LogP contribution in [0.1, 0.15) is 26.3 Å². The summed E-state index contributed by atoms with van der Waals surface area (Å²) in [5, 5.41) is 7.58. The van der Waals surface area contributed by atoms with Crippen molar-refractivity contribution in [3.05, 3.63) is 157 Å². The third-order valence-electron chi connectivity index (χ3n) is 9.65. The molecule has 0 atom stereocenters. The van der Waals surface area contributed by atoms with Crippen molar-refractivity contribution < 1.29 is 0 Å². The number of nitrogens with zero attached hydrogens (tertiary/aromatic N) is 2. The van der Waals surface area contributed by atoms with E-state index in [1.807, 2.05) is 0 Å². The van der Waals surface area contributed by atoms with Gasteiger partial charge >= 0.3 is 0 Å². The second-order valence-corrected chi connectivity index (χ2v) is 13.4. The van der Waals surface area contributed by atoms with Gasteiger partial charge in [-0.3, -0.25) is 0 Å². The van der Waals surface area contributed by atoms with Gasteiger partial charge in [0.2, 0.25) is 0 Å². The Labute approximate surface area is 268 Å². The predicted molar refractivity (Wildman–Crippen MR) is 197 cm³/mol. The Morgan fingerprint density at radius 3 is 1.67 bits per heavy atom. The van der Waals surface area contributed by atoms with Crippen molar-refractivity contribution >= 4 is 54.4 Å². The van der Waals surface area contributed by atoms with E-state index in [1.54, 1.807) is 0 Å². The van der Waals surface area contributed by atoms with E-state index in [1.165, 1.54) is 71.1 Å². The van der Waals surface area contributed by atoms with Gasteiger partial charge in [-0.15, -0.1) is 0 Å². The Kier molecular flexibility index (Phi) is 5.79. The first-order valence-electron chi connectivity index (χ1n) is 16.1. The molecule has 2 aromatic heterocycles. The molecule has 46 heavy (non-hydrogen) atoms. The lowest BCUT2D eigenvalue weighted by atomic mass is 9.86. The van der Waals surface area contributed by atoms with Crippen molar-refractivity contribution in [2.45, 2.75) is 26.2 Å². The maximum Gasteiger partial charge on any atom is 0.0789 e. The molecule has 0 saturated carbocycles. The summed E-state index contributed by atoms with van der Waals surface area (Å²) in [5.74, 6) is 0. The molecule has 0 aliphatic carbocycles. The van der Waals surface area contributed by atoms with Gasteiger partial charge in [-0.05, 0) is 57.8 Å². The molecule has 0 spiro atoms. The standard InChI is InChI=1S/C44H34N2/c1-44(2,3)32-21-25-36-37-26-27-39-38-24-20-31-14-10-11-17-35(31)41(38)46(33-15-8-5-9-16-33)43(39)42(37)45(40(36)28-32)34-22-18-30(19-23-34)29-12-6-4-7-13-29/h4-28H,1-3H3. The van der Waals surface area contributed by atoms with Crippen LogP contribution >= 0.6 is 0 Å². The van der Waals surface area contributed by atoms with Crippen molar-refractivity contribution in [3.8, 4) is 22.5 Å². The molecule has 0 N–H and O–H groups in total. The van der Waals surface area contributed by atoms with Crippen LogP contribution in [0.5, 0.6) is 0 Å². The Bertz CT molecular complexity index is 2580. The summed E-state index contributed by atoms with van der Waals surface area (Å²) < 4.78 is 5.02. The summed E-state index contributed by atoms with van der Waals surface area (Å²) in [6.45, 7) is 6.89. The average Bonchev–Trinajstić information content (AvgIpc) is 3.62. The van der Waals surface area contributed by atoms with Gasteiger partial charge in [0.15, 0.2) is 0 Å². The van der Waals surface area contributed by atoms with Crippen LogP contribution in [0.3, 0.4) is 0 Å². The summed E-state index contributed by atoms with van der Waals surface area (Å²) in [7, 11) is 0. The van der Waals surface area contributed by atoms with Crippen LogP contribution in [0.25, 0.3) is 76.9 Å². The number of fused-ring (bicyclic) bond motifs is 9. The van der Waals surface area contributed by atoms with Crippen molar-refractivity contribution in [3.63, 3.8) is 0 Å². The van der Waals surface area contributed by atoms with Gasteiger partial charge in [-0.2, -0.15) is 0 Å². The minimum absolute atomic E-state index is 0.0276. The van der Waals surface area contributed by atoms with Crippen LogP contribution in [0.15, 0.2) is 152 Å². The number of hydrogen-bond acceptors (Lipinski definition) is 0. The van der Waals surface area contributed by atoms with E-state index in [4.69, 9.17) is 0 Å². The molecular weight excluding hydrogens is 556 g/mol. The zero-order chi connectivity index (χ0) is 31.0. The fourth-order valence-corrected chi connectivity index (χ4v) is 7.36. The van der Waals surface area contributed by atoms with Crippen LogP contribution in [0, 0.1) is 0 Å². The second-order valence-electron chi connectivity index (χ2n) is 13.4. The van der Waals surface area contributed by atoms with E-state index in [0.717, 1.165) is 11.4 Å². The molecule has 220 valence electrons. The summed E-state index contributed by atoms with van der Waals surface area (Å²) in [6, 6.07) is 55.7. The summed E-state index contributed by atoms with van der Waals surface area (Å²) in [6.07, 6.45) is 0. The van der Waals surface area contributed by atoms with Crippen molar-refractivity contribution in [2.24, 2.45) is 0 Å². The Balaban J connectivity index is 1.48. The quantitative estimate of drug-likeness (QED) is 0.194. The lowest BCUT2D eigenvalue weighted by molar-refractivity contribution is 0.591. The lowest BCUT2D eigenvalue weighted by Gasteiger charge is -2.19. The number of benzene rings is 7. The summed E-state index contributed by atoms with van der Waals surface area (Å²) in [5.41, 5.74) is 11.1. The van der Waals surface area contributed by atoms with Gasteiger partial charge in [0.25, 0.3) is 0 Å². The monoisotopic (exact) mass is 590 g/mol. The molecule has 2 heteroatoms. The first-order valence-corrected chi connectivity index (χ1v) is 16.1. The fourth-order valence-electron chi connectivity index (χ4n) is 7.36. The molecule has 2 nitrogen and oxygen atoms in total. The molecule has 2 heterocycles. The van der Waals surface area contributed by atoms with Gasteiger partial charge in [0.05, 0.1) is 22.1 Å². The van der Waals surface area contributed by atoms with E-state index in [9.17, 15) is 0 Å². The maximum atomic E-state index is 2.51. The lowest BCUT2D eigenvalue weighted by Crippen LogP contribution is -2.10. The van der Waals surface area contributed by atoms with Crippen LogP contribution in [0.2, 0.25) is 0 Å². The molecule has 0 aliphatic rings. The smallest absolute Gasteiger partial charge is 0.0789 e. The third kappa shape index (κ3) is 3.96. The van der Waals surface area contributed by atoms with E-state index in [2.05, 4.69) is 182 Å². The molecule has 0 fully saturated rings. The highest BCUT2D eigenvalue weighted by atomic mass is 15.0. The number of aromatic nitrogens is 2. The molecule has 0 radical (unpaired) electrons. The summed E-state index contributed by atoms with van der Waals surface area (Å²) >= 11 is 0. The predicted octanol–water partition coefficient (Wildman–Crippen LogP) is 12.0.